The molecule has 0 radical (unpaired) electrons. The van der Waals surface area contributed by atoms with Gasteiger partial charge in [0.05, 0.1) is 5.70 Å². The number of carbonyl (C=O) groups excluding carboxylic acids is 1. The van der Waals surface area contributed by atoms with Crippen LogP contribution >= 0.6 is 28.1 Å². The van der Waals surface area contributed by atoms with Gasteiger partial charge in [0.15, 0.2) is 0 Å². The zero-order valence-electron chi connectivity index (χ0n) is 6.13. The van der Waals surface area contributed by atoms with Crippen molar-refractivity contribution in [2.75, 3.05) is 6.54 Å². The first-order valence-corrected chi connectivity index (χ1v) is 4.27. The van der Waals surface area contributed by atoms with Crippen molar-refractivity contribution in [3.8, 4) is 0 Å². The lowest BCUT2D eigenvalue weighted by molar-refractivity contribution is -0.116. The third-order valence-corrected chi connectivity index (χ3v) is 1.94. The molecule has 0 spiro atoms. The van der Waals surface area contributed by atoms with Crippen molar-refractivity contribution >= 4 is 45.6 Å². The second-order valence-corrected chi connectivity index (χ2v) is 2.92. The smallest absolute Gasteiger partial charge is 0.260 e. The van der Waals surface area contributed by atoms with Gasteiger partial charge in [0.25, 0.3) is 5.91 Å². The van der Waals surface area contributed by atoms with E-state index in [0.717, 1.165) is 6.21 Å². The van der Waals surface area contributed by atoms with Gasteiger partial charge in [-0.05, 0) is 21.3 Å². The van der Waals surface area contributed by atoms with Gasteiger partial charge in [-0.3, -0.25) is 4.79 Å². The van der Waals surface area contributed by atoms with Crippen LogP contribution < -0.4 is 11.1 Å². The molecule has 0 atom stereocenters. The number of nitrogens with two attached hydrogens (primary N) is 1. The minimum Gasteiger partial charge on any atom is -0.396 e. The second-order valence-electron chi connectivity index (χ2n) is 1.79. The highest BCUT2D eigenvalue weighted by atomic mass is 79.9. The lowest BCUT2D eigenvalue weighted by Gasteiger charge is -2.01. The lowest BCUT2D eigenvalue weighted by Crippen LogP contribution is -2.26. The fraction of sp³-hybridized carbons (Fsp3) is 0.167. The summed E-state index contributed by atoms with van der Waals surface area (Å²) in [5, 5.41) is 10.6. The first kappa shape index (κ1) is 11.2. The van der Waals surface area contributed by atoms with Crippen molar-refractivity contribution in [3.05, 3.63) is 10.2 Å². The highest BCUT2D eigenvalue weighted by Crippen LogP contribution is 2.06. The average Bonchev–Trinajstić information content (AvgIpc) is 2.11. The molecule has 0 saturated heterocycles. The van der Waals surface area contributed by atoms with Crippen LogP contribution in [-0.2, 0) is 4.79 Å². The molecule has 0 aliphatic carbocycles. The molecule has 66 valence electrons. The normalized spacial score (nSPS) is 11.4. The summed E-state index contributed by atoms with van der Waals surface area (Å²) in [6, 6.07) is 0. The summed E-state index contributed by atoms with van der Waals surface area (Å²) in [5.41, 5.74) is 5.36. The number of nitrogens with one attached hydrogen (secondary N) is 2. The molecule has 0 bridgehead atoms. The van der Waals surface area contributed by atoms with Gasteiger partial charge in [-0.15, -0.1) is 0 Å². The Labute approximate surface area is 83.8 Å². The van der Waals surface area contributed by atoms with Crippen molar-refractivity contribution in [3.63, 3.8) is 0 Å². The largest absolute Gasteiger partial charge is 0.396 e. The van der Waals surface area contributed by atoms with E-state index >= 15 is 0 Å². The van der Waals surface area contributed by atoms with Crippen molar-refractivity contribution in [1.29, 1.82) is 5.41 Å². The van der Waals surface area contributed by atoms with Crippen LogP contribution in [0.4, 0.5) is 0 Å². The summed E-state index contributed by atoms with van der Waals surface area (Å²) >= 11 is 7.45. The Bertz CT molecular complexity index is 239. The van der Waals surface area contributed by atoms with Crippen LogP contribution in [0, 0.1) is 5.41 Å². The molecule has 0 rings (SSSR count). The standard InChI is InChI=1S/C6H8BrN3OS/c7-5(4(9)3-8)6(11)10-1-2-12/h2-3,8H,1,9H2,(H,10,11)/b5-4-,8-3?. The van der Waals surface area contributed by atoms with Crippen LogP contribution in [0.1, 0.15) is 0 Å². The Morgan fingerprint density at radius 2 is 2.33 bits per heavy atom. The van der Waals surface area contributed by atoms with Gasteiger partial charge in [0.2, 0.25) is 0 Å². The molecule has 0 aliphatic rings. The summed E-state index contributed by atoms with van der Waals surface area (Å²) in [7, 11) is 0. The molecule has 12 heavy (non-hydrogen) atoms. The monoisotopic (exact) mass is 249 g/mol. The molecule has 4 N–H and O–H groups in total. The molecular formula is C6H8BrN3OS. The number of rotatable bonds is 4. The van der Waals surface area contributed by atoms with E-state index in [4.69, 9.17) is 11.1 Å². The Kier molecular flexibility index (Phi) is 5.48. The summed E-state index contributed by atoms with van der Waals surface area (Å²) in [4.78, 5) is 11.0. The number of hydrogen-bond donors (Lipinski definition) is 3. The predicted octanol–water partition coefficient (Wildman–Crippen LogP) is 0.317. The molecule has 0 aromatic carbocycles. The van der Waals surface area contributed by atoms with E-state index in [1.807, 2.05) is 0 Å². The topological polar surface area (TPSA) is 79.0 Å². The minimum atomic E-state index is -0.378. The average molecular weight is 250 g/mol. The van der Waals surface area contributed by atoms with Gasteiger partial charge >= 0.3 is 0 Å². The van der Waals surface area contributed by atoms with Crippen LogP contribution in [-0.4, -0.2) is 24.0 Å². The Morgan fingerprint density at radius 3 is 2.75 bits per heavy atom. The number of thiocarbonyl (C=S) groups is 1. The molecular weight excluding hydrogens is 242 g/mol. The van der Waals surface area contributed by atoms with E-state index in [1.165, 1.54) is 5.37 Å². The third kappa shape index (κ3) is 3.59. The number of carbonyl (C=O) groups is 1. The molecule has 1 amide bonds. The lowest BCUT2D eigenvalue weighted by atomic mass is 10.4. The summed E-state index contributed by atoms with van der Waals surface area (Å²) in [6.45, 7) is 0.300. The van der Waals surface area contributed by atoms with E-state index in [2.05, 4.69) is 33.5 Å². The molecule has 0 unspecified atom stereocenters. The number of amides is 1. The Morgan fingerprint density at radius 1 is 1.75 bits per heavy atom. The number of halogens is 1. The number of hydrogen-bond acceptors (Lipinski definition) is 4. The molecule has 4 nitrogen and oxygen atoms in total. The molecule has 0 fully saturated rings. The first-order chi connectivity index (χ1) is 5.63. The van der Waals surface area contributed by atoms with Crippen molar-refractivity contribution in [1.82, 2.24) is 5.32 Å². The minimum absolute atomic E-state index is 0.0804. The summed E-state index contributed by atoms with van der Waals surface area (Å²) in [5.74, 6) is -0.378. The molecule has 6 heteroatoms. The zero-order chi connectivity index (χ0) is 9.56. The fourth-order valence-electron chi connectivity index (χ4n) is 0.406. The van der Waals surface area contributed by atoms with Crippen LogP contribution in [0.2, 0.25) is 0 Å². The van der Waals surface area contributed by atoms with E-state index in [0.29, 0.717) is 6.54 Å². The highest BCUT2D eigenvalue weighted by molar-refractivity contribution is 9.12. The summed E-state index contributed by atoms with van der Waals surface area (Å²) < 4.78 is 0.148. The van der Waals surface area contributed by atoms with E-state index in [9.17, 15) is 4.79 Å². The SMILES string of the molecule is N=C/C(N)=C(/Br)C(=O)NCC=S. The van der Waals surface area contributed by atoms with Crippen LogP contribution in [0.5, 0.6) is 0 Å². The van der Waals surface area contributed by atoms with Gasteiger partial charge in [-0.25, -0.2) is 0 Å². The van der Waals surface area contributed by atoms with Crippen molar-refractivity contribution < 1.29 is 4.79 Å². The van der Waals surface area contributed by atoms with Gasteiger partial charge in [0.1, 0.15) is 4.48 Å². The Balaban J connectivity index is 4.27. The quantitative estimate of drug-likeness (QED) is 0.382. The maximum absolute atomic E-state index is 11.0. The van der Waals surface area contributed by atoms with Gasteiger partial charge in [-0.1, -0.05) is 12.2 Å². The molecule has 0 heterocycles. The molecule has 0 saturated carbocycles. The van der Waals surface area contributed by atoms with Gasteiger partial charge in [0, 0.05) is 12.8 Å². The fourth-order valence-corrected chi connectivity index (χ4v) is 0.744. The maximum atomic E-state index is 11.0. The second kappa shape index (κ2) is 5.84. The van der Waals surface area contributed by atoms with Crippen LogP contribution in [0.25, 0.3) is 0 Å². The van der Waals surface area contributed by atoms with Gasteiger partial charge in [-0.2, -0.15) is 0 Å². The van der Waals surface area contributed by atoms with Crippen LogP contribution in [0.3, 0.4) is 0 Å². The molecule has 0 aromatic rings. The molecule has 0 aliphatic heterocycles. The van der Waals surface area contributed by atoms with E-state index in [1.54, 1.807) is 0 Å². The van der Waals surface area contributed by atoms with Crippen LogP contribution in [0.15, 0.2) is 10.2 Å². The zero-order valence-corrected chi connectivity index (χ0v) is 8.54. The van der Waals surface area contributed by atoms with E-state index in [-0.39, 0.29) is 16.1 Å². The van der Waals surface area contributed by atoms with E-state index < -0.39 is 0 Å². The van der Waals surface area contributed by atoms with Crippen molar-refractivity contribution in [2.45, 2.75) is 0 Å². The number of allylic oxidation sites excluding steroid dienone is 1. The molecule has 0 aromatic heterocycles. The summed E-state index contributed by atoms with van der Waals surface area (Å²) in [6.07, 6.45) is 0.890. The third-order valence-electron chi connectivity index (χ3n) is 0.954. The highest BCUT2D eigenvalue weighted by Gasteiger charge is 2.07. The Hall–Kier alpha value is -0.750. The predicted molar refractivity (Wildman–Crippen MR) is 55.6 cm³/mol. The first-order valence-electron chi connectivity index (χ1n) is 3.01. The maximum Gasteiger partial charge on any atom is 0.260 e. The van der Waals surface area contributed by atoms with Crippen molar-refractivity contribution in [2.24, 2.45) is 5.73 Å². The van der Waals surface area contributed by atoms with Gasteiger partial charge < -0.3 is 16.5 Å².